The van der Waals surface area contributed by atoms with Gasteiger partial charge in [0.2, 0.25) is 23.3 Å². The highest BCUT2D eigenvalue weighted by molar-refractivity contribution is 6.25. The van der Waals surface area contributed by atoms with Crippen LogP contribution in [0.1, 0.15) is 37.3 Å². The lowest BCUT2D eigenvalue weighted by molar-refractivity contribution is -0.732. The van der Waals surface area contributed by atoms with Crippen molar-refractivity contribution in [2.45, 2.75) is 44.2 Å². The molecule has 0 bridgehead atoms. The summed E-state index contributed by atoms with van der Waals surface area (Å²) >= 11 is 0. The lowest BCUT2D eigenvalue weighted by Gasteiger charge is -2.26. The molecule has 2 saturated heterocycles. The van der Waals surface area contributed by atoms with E-state index in [1.165, 1.54) is 18.2 Å². The van der Waals surface area contributed by atoms with Crippen LogP contribution in [-0.2, 0) is 31.1 Å². The molecule has 176 valence electrons. The average Bonchev–Trinajstić information content (AvgIpc) is 3.37. The number of unbranched alkanes of at least 4 members (excludes halogenated alkanes) is 1. The number of nitrogens with one attached hydrogen (secondary N) is 1. The monoisotopic (exact) mass is 465 g/mol. The number of anilines is 2. The summed E-state index contributed by atoms with van der Waals surface area (Å²) in [5.74, 6) is -4.76. The first-order chi connectivity index (χ1) is 16.3. The van der Waals surface area contributed by atoms with Crippen molar-refractivity contribution in [3.05, 3.63) is 59.4 Å². The second kappa shape index (κ2) is 8.02. The maximum atomic E-state index is 14.2. The number of hydrogen-bond donors (Lipinski definition) is 3. The number of imide groups is 1. The van der Waals surface area contributed by atoms with E-state index in [0.717, 1.165) is 29.7 Å². The number of amides is 4. The molecule has 3 aliphatic rings. The fourth-order valence-electron chi connectivity index (χ4n) is 5.80. The minimum absolute atomic E-state index is 0.191. The highest BCUT2D eigenvalue weighted by Gasteiger charge is 2.74. The molecule has 3 aliphatic heterocycles. The highest BCUT2D eigenvalue weighted by atomic mass is 19.1. The average molecular weight is 466 g/mol. The number of carbonyl (C=O) groups is 4. The van der Waals surface area contributed by atoms with E-state index >= 15 is 0 Å². The van der Waals surface area contributed by atoms with Crippen LogP contribution in [0.2, 0.25) is 0 Å². The van der Waals surface area contributed by atoms with Crippen molar-refractivity contribution in [1.29, 1.82) is 0 Å². The Balaban J connectivity index is 1.59. The number of halogens is 1. The van der Waals surface area contributed by atoms with Crippen LogP contribution in [0.4, 0.5) is 15.8 Å². The third-order valence-electron chi connectivity index (χ3n) is 7.28. The first-order valence-corrected chi connectivity index (χ1v) is 11.5. The molecule has 0 aromatic heterocycles. The lowest BCUT2D eigenvalue weighted by Crippen LogP contribution is -2.99. The van der Waals surface area contributed by atoms with Crippen molar-refractivity contribution in [3.63, 3.8) is 0 Å². The Morgan fingerprint density at radius 1 is 1.15 bits per heavy atom. The maximum Gasteiger partial charge on any atom is 0.291 e. The molecule has 2 aromatic rings. The summed E-state index contributed by atoms with van der Waals surface area (Å²) in [6.07, 6.45) is 2.79. The number of benzene rings is 2. The second-order valence-electron chi connectivity index (χ2n) is 9.30. The normalized spacial score (nSPS) is 27.3. The van der Waals surface area contributed by atoms with Gasteiger partial charge in [-0.25, -0.2) is 9.29 Å². The molecule has 0 aliphatic carbocycles. The zero-order valence-corrected chi connectivity index (χ0v) is 18.7. The minimum Gasteiger partial charge on any atom is -0.369 e. The van der Waals surface area contributed by atoms with Crippen LogP contribution in [0.15, 0.2) is 42.5 Å². The molecule has 4 atom stereocenters. The van der Waals surface area contributed by atoms with Crippen molar-refractivity contribution in [2.75, 3.05) is 10.2 Å². The minimum atomic E-state index is -1.55. The predicted molar refractivity (Wildman–Crippen MR) is 121 cm³/mol. The van der Waals surface area contributed by atoms with Gasteiger partial charge in [-0.3, -0.25) is 19.2 Å². The number of nitrogens with two attached hydrogens (primary N) is 2. The third kappa shape index (κ3) is 3.14. The van der Waals surface area contributed by atoms with E-state index in [-0.39, 0.29) is 6.42 Å². The fourth-order valence-corrected chi connectivity index (χ4v) is 5.80. The Kier molecular flexibility index (Phi) is 5.24. The van der Waals surface area contributed by atoms with Crippen LogP contribution < -0.4 is 21.3 Å². The van der Waals surface area contributed by atoms with Gasteiger partial charge in [0.25, 0.3) is 5.91 Å². The quantitative estimate of drug-likeness (QED) is 0.549. The third-order valence-corrected chi connectivity index (χ3v) is 7.28. The van der Waals surface area contributed by atoms with Gasteiger partial charge in [0.1, 0.15) is 23.7 Å². The van der Waals surface area contributed by atoms with Crippen LogP contribution in [0, 0.1) is 17.7 Å². The second-order valence-corrected chi connectivity index (χ2v) is 9.30. The Morgan fingerprint density at radius 3 is 2.56 bits per heavy atom. The summed E-state index contributed by atoms with van der Waals surface area (Å²) in [6, 6.07) is 10.4. The van der Waals surface area contributed by atoms with Crippen LogP contribution in [-0.4, -0.2) is 29.7 Å². The van der Waals surface area contributed by atoms with Gasteiger partial charge in [0, 0.05) is 5.56 Å². The largest absolute Gasteiger partial charge is 0.369 e. The summed E-state index contributed by atoms with van der Waals surface area (Å²) in [5.41, 5.74) is 6.10. The van der Waals surface area contributed by atoms with Gasteiger partial charge >= 0.3 is 0 Å². The smallest absolute Gasteiger partial charge is 0.291 e. The maximum absolute atomic E-state index is 14.2. The van der Waals surface area contributed by atoms with Crippen molar-refractivity contribution >= 4 is 35.0 Å². The van der Waals surface area contributed by atoms with E-state index in [9.17, 15) is 23.6 Å². The summed E-state index contributed by atoms with van der Waals surface area (Å²) in [4.78, 5) is 53.6. The van der Waals surface area contributed by atoms with Gasteiger partial charge in [0.15, 0.2) is 0 Å². The van der Waals surface area contributed by atoms with Crippen molar-refractivity contribution in [3.8, 4) is 0 Å². The molecule has 2 fully saturated rings. The van der Waals surface area contributed by atoms with Crippen LogP contribution in [0.25, 0.3) is 0 Å². The van der Waals surface area contributed by atoms with Crippen molar-refractivity contribution in [1.82, 2.24) is 0 Å². The molecule has 5 N–H and O–H groups in total. The van der Waals surface area contributed by atoms with E-state index in [1.54, 1.807) is 17.4 Å². The molecule has 1 spiro atoms. The molecule has 2 aromatic carbocycles. The summed E-state index contributed by atoms with van der Waals surface area (Å²) in [7, 11) is 0. The number of aryl methyl sites for hydroxylation is 1. The molecule has 0 radical (unpaired) electrons. The molecule has 34 heavy (non-hydrogen) atoms. The van der Waals surface area contributed by atoms with Gasteiger partial charge in [-0.1, -0.05) is 25.5 Å². The van der Waals surface area contributed by atoms with Gasteiger partial charge in [-0.15, -0.1) is 0 Å². The van der Waals surface area contributed by atoms with Gasteiger partial charge < -0.3 is 16.4 Å². The number of hydrogen-bond acceptors (Lipinski definition) is 4. The molecule has 3 heterocycles. The number of nitrogens with zero attached hydrogens (tertiary/aromatic N) is 1. The molecule has 5 rings (SSSR count). The Labute approximate surface area is 195 Å². The summed E-state index contributed by atoms with van der Waals surface area (Å²) in [5, 5.41) is 4.29. The van der Waals surface area contributed by atoms with E-state index in [4.69, 9.17) is 5.73 Å². The standard InChI is InChI=1S/C25H25FN4O4/c1-2-3-4-13-5-8-15(9-6-13)30-22(32)20-18(12-19(27)31)29-25(21(20)23(30)33)16-11-14(26)7-10-17(16)28-24(25)34/h5-11,18,20-21,29H,2-4,12H2,1H3,(H2,27,31)(H,28,34)/p+1/t18-,20-,21+,25-/m0/s1. The molecule has 9 heteroatoms. The van der Waals surface area contributed by atoms with E-state index in [0.29, 0.717) is 16.9 Å². The first-order valence-electron chi connectivity index (χ1n) is 11.5. The van der Waals surface area contributed by atoms with Crippen LogP contribution in [0.3, 0.4) is 0 Å². The highest BCUT2D eigenvalue weighted by Crippen LogP contribution is 2.50. The first kappa shape index (κ1) is 22.2. The molecule has 8 nitrogen and oxygen atoms in total. The lowest BCUT2D eigenvalue weighted by atomic mass is 9.76. The Hall–Kier alpha value is -3.59. The molecular weight excluding hydrogens is 439 g/mol. The molecule has 0 unspecified atom stereocenters. The predicted octanol–water partition coefficient (Wildman–Crippen LogP) is 0.943. The summed E-state index contributed by atoms with van der Waals surface area (Å²) < 4.78 is 14.2. The number of primary amides is 1. The topological polar surface area (TPSA) is 126 Å². The van der Waals surface area contributed by atoms with E-state index in [2.05, 4.69) is 12.2 Å². The van der Waals surface area contributed by atoms with Crippen LogP contribution in [0.5, 0.6) is 0 Å². The van der Waals surface area contributed by atoms with Crippen molar-refractivity contribution in [2.24, 2.45) is 17.6 Å². The van der Waals surface area contributed by atoms with Crippen LogP contribution >= 0.6 is 0 Å². The summed E-state index contributed by atoms with van der Waals surface area (Å²) in [6.45, 7) is 2.10. The van der Waals surface area contributed by atoms with E-state index < -0.39 is 52.9 Å². The zero-order chi connectivity index (χ0) is 24.2. The SMILES string of the molecule is CCCCc1ccc(N2C(=O)[C@H]3[C@H](CC(N)=O)[NH2+][C@]4(C(=O)Nc5ccc(F)cc54)[C@H]3C2=O)cc1. The van der Waals surface area contributed by atoms with E-state index in [1.807, 2.05) is 12.1 Å². The number of carbonyl (C=O) groups excluding carboxylic acids is 4. The number of fused-ring (bicyclic) bond motifs is 4. The molecular formula is C25H26FN4O4+. The van der Waals surface area contributed by atoms with Gasteiger partial charge in [-0.2, -0.15) is 0 Å². The Morgan fingerprint density at radius 2 is 1.88 bits per heavy atom. The number of rotatable bonds is 6. The fraction of sp³-hybridized carbons (Fsp3) is 0.360. The van der Waals surface area contributed by atoms with Crippen molar-refractivity contribution < 1.29 is 28.9 Å². The number of quaternary nitrogens is 1. The molecule has 4 amide bonds. The molecule has 0 saturated carbocycles. The van der Waals surface area contributed by atoms with Gasteiger partial charge in [0.05, 0.1) is 17.8 Å². The zero-order valence-electron chi connectivity index (χ0n) is 18.7. The Bertz CT molecular complexity index is 1210. The van der Waals surface area contributed by atoms with Gasteiger partial charge in [-0.05, 0) is 48.7 Å².